The average molecular weight is 354 g/mol. The highest BCUT2D eigenvalue weighted by Gasteiger charge is 2.22. The van der Waals surface area contributed by atoms with E-state index < -0.39 is 14.9 Å². The maximum Gasteiger partial charge on any atom is 0.284 e. The monoisotopic (exact) mass is 354 g/mol. The Bertz CT molecular complexity index is 753. The second-order valence-electron chi connectivity index (χ2n) is 5.83. The maximum atomic E-state index is 12.5. The van der Waals surface area contributed by atoms with Gasteiger partial charge < -0.3 is 9.80 Å². The molecule has 0 spiro atoms. The van der Waals surface area contributed by atoms with Crippen molar-refractivity contribution in [3.63, 3.8) is 0 Å². The largest absolute Gasteiger partial charge is 0.357 e. The van der Waals surface area contributed by atoms with Crippen LogP contribution in [0.25, 0.3) is 0 Å². The predicted molar refractivity (Wildman–Crippen MR) is 91.8 cm³/mol. The molecule has 1 aliphatic rings. The average Bonchev–Trinajstić information content (AvgIpc) is 2.53. The van der Waals surface area contributed by atoms with E-state index in [2.05, 4.69) is 9.30 Å². The first-order valence-corrected chi connectivity index (χ1v) is 9.21. The third-order valence-electron chi connectivity index (χ3n) is 4.09. The summed E-state index contributed by atoms with van der Waals surface area (Å²) in [5.41, 5.74) is 0.196. The van der Waals surface area contributed by atoms with Crippen molar-refractivity contribution in [1.82, 2.24) is 9.80 Å². The highest BCUT2D eigenvalue weighted by Crippen LogP contribution is 2.24. The number of benzene rings is 1. The van der Waals surface area contributed by atoms with E-state index in [1.54, 1.807) is 6.92 Å². The maximum absolute atomic E-state index is 12.5. The molecule has 0 amide bonds. The van der Waals surface area contributed by atoms with Gasteiger partial charge in [0.1, 0.15) is 5.84 Å². The summed E-state index contributed by atoms with van der Waals surface area (Å²) in [6, 6.07) is 3.87. The zero-order valence-corrected chi connectivity index (χ0v) is 14.9. The van der Waals surface area contributed by atoms with E-state index in [1.165, 1.54) is 12.1 Å². The third kappa shape index (κ3) is 4.09. The van der Waals surface area contributed by atoms with E-state index >= 15 is 0 Å². The lowest BCUT2D eigenvalue weighted by atomic mass is 10.2. The van der Waals surface area contributed by atoms with E-state index in [1.807, 2.05) is 18.9 Å². The second-order valence-corrected chi connectivity index (χ2v) is 7.44. The molecule has 132 valence electrons. The lowest BCUT2D eigenvalue weighted by molar-refractivity contribution is -0.385. The van der Waals surface area contributed by atoms with Crippen LogP contribution in [0, 0.1) is 17.0 Å². The minimum atomic E-state index is -3.98. The number of nitrogens with zero attached hydrogens (tertiary/aromatic N) is 4. The number of amidine groups is 1. The molecule has 0 unspecified atom stereocenters. The SMILES string of the molecule is CC/C(=N/S(=O)(=O)c1ccc(C)c([N+](=O)[O-])c1)N1CCN(C)CC1. The quantitative estimate of drug-likeness (QED) is 0.353. The van der Waals surface area contributed by atoms with E-state index in [9.17, 15) is 18.5 Å². The summed E-state index contributed by atoms with van der Waals surface area (Å²) >= 11 is 0. The Hall–Kier alpha value is -2.00. The van der Waals surface area contributed by atoms with E-state index in [0.29, 0.717) is 30.9 Å². The number of hydrogen-bond donors (Lipinski definition) is 0. The van der Waals surface area contributed by atoms with Gasteiger partial charge in [-0.2, -0.15) is 8.42 Å². The number of hydrogen-bond acceptors (Lipinski definition) is 5. The molecular formula is C15H22N4O4S. The molecule has 1 heterocycles. The van der Waals surface area contributed by atoms with Crippen LogP contribution >= 0.6 is 0 Å². The molecule has 0 bridgehead atoms. The fraction of sp³-hybridized carbons (Fsp3) is 0.533. The molecule has 9 heteroatoms. The smallest absolute Gasteiger partial charge is 0.284 e. The zero-order chi connectivity index (χ0) is 17.9. The molecule has 1 aromatic carbocycles. The van der Waals surface area contributed by atoms with Crippen LogP contribution in [0.1, 0.15) is 18.9 Å². The van der Waals surface area contributed by atoms with Gasteiger partial charge in [0, 0.05) is 44.2 Å². The van der Waals surface area contributed by atoms with Crippen LogP contribution in [-0.4, -0.2) is 62.2 Å². The van der Waals surface area contributed by atoms with Crippen LogP contribution in [0.2, 0.25) is 0 Å². The molecule has 0 saturated carbocycles. The molecule has 0 atom stereocenters. The Morgan fingerprint density at radius 3 is 2.46 bits per heavy atom. The molecule has 24 heavy (non-hydrogen) atoms. The number of likely N-dealkylation sites (N-methyl/N-ethyl adjacent to an activating group) is 1. The molecule has 8 nitrogen and oxygen atoms in total. The molecular weight excluding hydrogens is 332 g/mol. The van der Waals surface area contributed by atoms with Gasteiger partial charge in [0.15, 0.2) is 0 Å². The summed E-state index contributed by atoms with van der Waals surface area (Å²) in [5, 5.41) is 11.0. The molecule has 2 rings (SSSR count). The van der Waals surface area contributed by atoms with Gasteiger partial charge in [-0.15, -0.1) is 4.40 Å². The van der Waals surface area contributed by atoms with Crippen molar-refractivity contribution in [2.75, 3.05) is 33.2 Å². The minimum absolute atomic E-state index is 0.153. The van der Waals surface area contributed by atoms with Gasteiger partial charge in [-0.05, 0) is 20.0 Å². The molecule has 0 aliphatic carbocycles. The number of rotatable bonds is 4. The van der Waals surface area contributed by atoms with Crippen LogP contribution in [0.5, 0.6) is 0 Å². The summed E-state index contributed by atoms with van der Waals surface area (Å²) in [6.45, 7) is 6.54. The Kier molecular flexibility index (Phi) is 5.55. The molecule has 1 aromatic rings. The van der Waals surface area contributed by atoms with E-state index in [4.69, 9.17) is 0 Å². The fourth-order valence-corrected chi connectivity index (χ4v) is 3.68. The number of piperazine rings is 1. The highest BCUT2D eigenvalue weighted by molar-refractivity contribution is 7.90. The van der Waals surface area contributed by atoms with Crippen LogP contribution in [0.3, 0.4) is 0 Å². The number of nitro groups is 1. The van der Waals surface area contributed by atoms with E-state index in [-0.39, 0.29) is 10.6 Å². The Balaban J connectivity index is 2.35. The standard InChI is InChI=1S/C15H22N4O4S/c1-4-15(18-9-7-17(3)8-10-18)16-24(22,23)13-6-5-12(2)14(11-13)19(20)21/h5-6,11H,4,7-10H2,1-3H3/b16-15-. The molecule has 1 aliphatic heterocycles. The summed E-state index contributed by atoms with van der Waals surface area (Å²) in [4.78, 5) is 14.4. The van der Waals surface area contributed by atoms with E-state index in [0.717, 1.165) is 19.2 Å². The first-order valence-electron chi connectivity index (χ1n) is 7.77. The Morgan fingerprint density at radius 2 is 1.92 bits per heavy atom. The lowest BCUT2D eigenvalue weighted by Crippen LogP contribution is -2.47. The fourth-order valence-electron chi connectivity index (χ4n) is 2.55. The van der Waals surface area contributed by atoms with Crippen molar-refractivity contribution >= 4 is 21.5 Å². The van der Waals surface area contributed by atoms with Gasteiger partial charge in [0.05, 0.1) is 9.82 Å². The number of nitro benzene ring substituents is 1. The first kappa shape index (κ1) is 18.3. The second kappa shape index (κ2) is 7.27. The minimum Gasteiger partial charge on any atom is -0.357 e. The zero-order valence-electron chi connectivity index (χ0n) is 14.1. The molecule has 1 saturated heterocycles. The highest BCUT2D eigenvalue weighted by atomic mass is 32.2. The third-order valence-corrected chi connectivity index (χ3v) is 5.39. The Labute approximate surface area is 142 Å². The van der Waals surface area contributed by atoms with Crippen LogP contribution in [-0.2, 0) is 10.0 Å². The van der Waals surface area contributed by atoms with Gasteiger partial charge in [-0.1, -0.05) is 13.0 Å². The van der Waals surface area contributed by atoms with Crippen molar-refractivity contribution in [2.45, 2.75) is 25.2 Å². The molecule has 0 radical (unpaired) electrons. The van der Waals surface area contributed by atoms with Crippen molar-refractivity contribution in [2.24, 2.45) is 4.40 Å². The summed E-state index contributed by atoms with van der Waals surface area (Å²) < 4.78 is 29.0. The van der Waals surface area contributed by atoms with Crippen LogP contribution in [0.15, 0.2) is 27.5 Å². The van der Waals surface area contributed by atoms with Gasteiger partial charge in [-0.25, -0.2) is 0 Å². The van der Waals surface area contributed by atoms with Crippen molar-refractivity contribution < 1.29 is 13.3 Å². The lowest BCUT2D eigenvalue weighted by Gasteiger charge is -2.34. The number of aryl methyl sites for hydroxylation is 1. The predicted octanol–water partition coefficient (Wildman–Crippen LogP) is 1.65. The van der Waals surface area contributed by atoms with Crippen LogP contribution in [0.4, 0.5) is 5.69 Å². The summed E-state index contributed by atoms with van der Waals surface area (Å²) in [7, 11) is -1.96. The summed E-state index contributed by atoms with van der Waals surface area (Å²) in [6.07, 6.45) is 0.483. The van der Waals surface area contributed by atoms with Crippen molar-refractivity contribution in [3.05, 3.63) is 33.9 Å². The van der Waals surface area contributed by atoms with Crippen molar-refractivity contribution in [1.29, 1.82) is 0 Å². The molecule has 1 fully saturated rings. The topological polar surface area (TPSA) is 96.1 Å². The van der Waals surface area contributed by atoms with Gasteiger partial charge in [0.25, 0.3) is 15.7 Å². The van der Waals surface area contributed by atoms with Gasteiger partial charge in [0.2, 0.25) is 0 Å². The molecule has 0 aromatic heterocycles. The number of sulfonamides is 1. The summed E-state index contributed by atoms with van der Waals surface area (Å²) in [5.74, 6) is 0.492. The first-order chi connectivity index (χ1) is 11.2. The van der Waals surface area contributed by atoms with Gasteiger partial charge in [-0.3, -0.25) is 10.1 Å². The molecule has 0 N–H and O–H groups in total. The van der Waals surface area contributed by atoms with Crippen LogP contribution < -0.4 is 0 Å². The normalized spacial score (nSPS) is 17.1. The van der Waals surface area contributed by atoms with Crippen molar-refractivity contribution in [3.8, 4) is 0 Å². The Morgan fingerprint density at radius 1 is 1.29 bits per heavy atom. The van der Waals surface area contributed by atoms with Gasteiger partial charge >= 0.3 is 0 Å².